The van der Waals surface area contributed by atoms with E-state index in [4.69, 9.17) is 10.5 Å². The largest absolute Gasteiger partial charge is 0.494 e. The standard InChI is InChI=1S/C16H26N2O2/c1-4-20-14-8-6-13(7-9-14)15(19)18-12-16(2,3)10-5-11-17/h6-9H,4-5,10-12,17H2,1-3H3,(H,18,19). The van der Waals surface area contributed by atoms with Gasteiger partial charge in [0.15, 0.2) is 0 Å². The lowest BCUT2D eigenvalue weighted by molar-refractivity contribution is 0.0934. The molecule has 0 aliphatic rings. The van der Waals surface area contributed by atoms with Gasteiger partial charge in [0.05, 0.1) is 6.61 Å². The Hall–Kier alpha value is -1.55. The molecule has 0 unspecified atom stereocenters. The van der Waals surface area contributed by atoms with Crippen LogP contribution in [0.25, 0.3) is 0 Å². The number of hydrogen-bond donors (Lipinski definition) is 2. The summed E-state index contributed by atoms with van der Waals surface area (Å²) in [5, 5.41) is 2.98. The van der Waals surface area contributed by atoms with Crippen LogP contribution in [0.5, 0.6) is 5.75 Å². The summed E-state index contributed by atoms with van der Waals surface area (Å²) in [6.07, 6.45) is 1.99. The van der Waals surface area contributed by atoms with Gasteiger partial charge >= 0.3 is 0 Å². The van der Waals surface area contributed by atoms with Gasteiger partial charge in [0, 0.05) is 12.1 Å². The first-order valence-electron chi connectivity index (χ1n) is 7.19. The summed E-state index contributed by atoms with van der Waals surface area (Å²) in [5.41, 5.74) is 6.25. The Morgan fingerprint density at radius 1 is 1.30 bits per heavy atom. The van der Waals surface area contributed by atoms with E-state index < -0.39 is 0 Å². The van der Waals surface area contributed by atoms with Crippen molar-refractivity contribution in [3.05, 3.63) is 29.8 Å². The number of hydrogen-bond acceptors (Lipinski definition) is 3. The average molecular weight is 278 g/mol. The normalized spacial score (nSPS) is 11.2. The third-order valence-corrected chi connectivity index (χ3v) is 3.21. The summed E-state index contributed by atoms with van der Waals surface area (Å²) in [6, 6.07) is 7.20. The summed E-state index contributed by atoms with van der Waals surface area (Å²) in [6.45, 7) is 8.18. The Kier molecular flexibility index (Phi) is 6.52. The van der Waals surface area contributed by atoms with Gasteiger partial charge in [-0.15, -0.1) is 0 Å². The maximum Gasteiger partial charge on any atom is 0.251 e. The number of carbonyl (C=O) groups is 1. The molecule has 112 valence electrons. The molecule has 0 heterocycles. The molecule has 0 saturated carbocycles. The molecule has 0 saturated heterocycles. The van der Waals surface area contributed by atoms with Crippen molar-refractivity contribution in [2.75, 3.05) is 19.7 Å². The second kappa shape index (κ2) is 7.90. The minimum absolute atomic E-state index is 0.0473. The maximum absolute atomic E-state index is 12.1. The lowest BCUT2D eigenvalue weighted by atomic mass is 9.87. The van der Waals surface area contributed by atoms with Crippen LogP contribution < -0.4 is 15.8 Å². The monoisotopic (exact) mass is 278 g/mol. The van der Waals surface area contributed by atoms with Crippen molar-refractivity contribution >= 4 is 5.91 Å². The molecule has 1 aromatic rings. The van der Waals surface area contributed by atoms with Crippen LogP contribution in [0.2, 0.25) is 0 Å². The summed E-state index contributed by atoms with van der Waals surface area (Å²) in [4.78, 5) is 12.1. The molecule has 0 bridgehead atoms. The fourth-order valence-corrected chi connectivity index (χ4v) is 1.96. The van der Waals surface area contributed by atoms with Crippen LogP contribution in [0.15, 0.2) is 24.3 Å². The number of ether oxygens (including phenoxy) is 1. The highest BCUT2D eigenvalue weighted by atomic mass is 16.5. The van der Waals surface area contributed by atoms with E-state index in [1.54, 1.807) is 12.1 Å². The van der Waals surface area contributed by atoms with Gasteiger partial charge in [-0.1, -0.05) is 13.8 Å². The first-order valence-corrected chi connectivity index (χ1v) is 7.19. The van der Waals surface area contributed by atoms with Gasteiger partial charge in [-0.25, -0.2) is 0 Å². The third-order valence-electron chi connectivity index (χ3n) is 3.21. The number of amides is 1. The molecule has 0 atom stereocenters. The minimum atomic E-state index is -0.0473. The van der Waals surface area contributed by atoms with Crippen LogP contribution in [0.1, 0.15) is 44.0 Å². The second-order valence-corrected chi connectivity index (χ2v) is 5.70. The van der Waals surface area contributed by atoms with Gasteiger partial charge in [0.25, 0.3) is 5.91 Å². The van der Waals surface area contributed by atoms with E-state index in [9.17, 15) is 4.79 Å². The average Bonchev–Trinajstić information content (AvgIpc) is 2.44. The highest BCUT2D eigenvalue weighted by Crippen LogP contribution is 2.21. The molecule has 20 heavy (non-hydrogen) atoms. The smallest absolute Gasteiger partial charge is 0.251 e. The van der Waals surface area contributed by atoms with Gasteiger partial charge in [-0.05, 0) is 56.0 Å². The van der Waals surface area contributed by atoms with Crippen molar-refractivity contribution in [2.45, 2.75) is 33.6 Å². The summed E-state index contributed by atoms with van der Waals surface area (Å²) < 4.78 is 5.36. The van der Waals surface area contributed by atoms with Gasteiger partial charge < -0.3 is 15.8 Å². The van der Waals surface area contributed by atoms with E-state index in [0.29, 0.717) is 25.3 Å². The van der Waals surface area contributed by atoms with Crippen LogP contribution in [0.3, 0.4) is 0 Å². The summed E-state index contributed by atoms with van der Waals surface area (Å²) >= 11 is 0. The summed E-state index contributed by atoms with van der Waals surface area (Å²) in [7, 11) is 0. The number of rotatable bonds is 8. The van der Waals surface area contributed by atoms with Crippen LogP contribution >= 0.6 is 0 Å². The molecule has 1 aromatic carbocycles. The first-order chi connectivity index (χ1) is 9.48. The quantitative estimate of drug-likeness (QED) is 0.768. The van der Waals surface area contributed by atoms with Gasteiger partial charge in [-0.3, -0.25) is 4.79 Å². The predicted octanol–water partition coefficient (Wildman–Crippen LogP) is 2.58. The number of benzene rings is 1. The van der Waals surface area contributed by atoms with E-state index in [1.807, 2.05) is 19.1 Å². The highest BCUT2D eigenvalue weighted by Gasteiger charge is 2.18. The molecular formula is C16H26N2O2. The van der Waals surface area contributed by atoms with E-state index in [2.05, 4.69) is 19.2 Å². The fourth-order valence-electron chi connectivity index (χ4n) is 1.96. The molecule has 0 aromatic heterocycles. The van der Waals surface area contributed by atoms with E-state index in [1.165, 1.54) is 0 Å². The maximum atomic E-state index is 12.1. The molecule has 0 radical (unpaired) electrons. The van der Waals surface area contributed by atoms with E-state index in [0.717, 1.165) is 18.6 Å². The SMILES string of the molecule is CCOc1ccc(C(=O)NCC(C)(C)CCCN)cc1. The van der Waals surface area contributed by atoms with Gasteiger partial charge in [0.2, 0.25) is 0 Å². The molecule has 0 aliphatic heterocycles. The molecule has 0 spiro atoms. The molecule has 0 aliphatic carbocycles. The Morgan fingerprint density at radius 2 is 1.95 bits per heavy atom. The highest BCUT2D eigenvalue weighted by molar-refractivity contribution is 5.94. The fraction of sp³-hybridized carbons (Fsp3) is 0.562. The van der Waals surface area contributed by atoms with Crippen LogP contribution in [0.4, 0.5) is 0 Å². The number of nitrogens with one attached hydrogen (secondary N) is 1. The minimum Gasteiger partial charge on any atom is -0.494 e. The van der Waals surface area contributed by atoms with Crippen molar-refractivity contribution in [1.82, 2.24) is 5.32 Å². The number of nitrogens with two attached hydrogens (primary N) is 1. The van der Waals surface area contributed by atoms with Crippen molar-refractivity contribution in [2.24, 2.45) is 11.1 Å². The lowest BCUT2D eigenvalue weighted by Crippen LogP contribution is -2.34. The van der Waals surface area contributed by atoms with E-state index >= 15 is 0 Å². The Bertz CT molecular complexity index is 413. The zero-order chi connectivity index (χ0) is 15.0. The zero-order valence-electron chi connectivity index (χ0n) is 12.7. The van der Waals surface area contributed by atoms with Crippen molar-refractivity contribution in [3.63, 3.8) is 0 Å². The number of carbonyl (C=O) groups excluding carboxylic acids is 1. The molecule has 0 fully saturated rings. The molecule has 3 N–H and O–H groups in total. The summed E-state index contributed by atoms with van der Waals surface area (Å²) in [5.74, 6) is 0.737. The van der Waals surface area contributed by atoms with Crippen molar-refractivity contribution < 1.29 is 9.53 Å². The Balaban J connectivity index is 2.49. The van der Waals surface area contributed by atoms with E-state index in [-0.39, 0.29) is 11.3 Å². The van der Waals surface area contributed by atoms with Crippen LogP contribution in [0, 0.1) is 5.41 Å². The molecule has 4 heteroatoms. The molecular weight excluding hydrogens is 252 g/mol. The van der Waals surface area contributed by atoms with Crippen molar-refractivity contribution in [1.29, 1.82) is 0 Å². The molecule has 1 rings (SSSR count). The second-order valence-electron chi connectivity index (χ2n) is 5.70. The first kappa shape index (κ1) is 16.5. The van der Waals surface area contributed by atoms with Gasteiger partial charge in [-0.2, -0.15) is 0 Å². The van der Waals surface area contributed by atoms with Crippen LogP contribution in [-0.2, 0) is 0 Å². The lowest BCUT2D eigenvalue weighted by Gasteiger charge is -2.24. The zero-order valence-corrected chi connectivity index (χ0v) is 12.7. The van der Waals surface area contributed by atoms with Crippen LogP contribution in [-0.4, -0.2) is 25.6 Å². The predicted molar refractivity (Wildman–Crippen MR) is 82.0 cm³/mol. The third kappa shape index (κ3) is 5.61. The van der Waals surface area contributed by atoms with Crippen molar-refractivity contribution in [3.8, 4) is 5.75 Å². The Morgan fingerprint density at radius 3 is 2.50 bits per heavy atom. The topological polar surface area (TPSA) is 64.3 Å². The molecule has 1 amide bonds. The van der Waals surface area contributed by atoms with Gasteiger partial charge in [0.1, 0.15) is 5.75 Å². The molecule has 4 nitrogen and oxygen atoms in total. The Labute approximate surface area is 121 Å².